The zero-order valence-corrected chi connectivity index (χ0v) is 13.6. The number of carbonyl (C=O) groups excluding carboxylic acids is 1. The lowest BCUT2D eigenvalue weighted by molar-refractivity contribution is -0.120. The number of amides is 1. The van der Waals surface area contributed by atoms with Crippen LogP contribution in [0.5, 0.6) is 0 Å². The van der Waals surface area contributed by atoms with Crippen LogP contribution in [0.3, 0.4) is 0 Å². The van der Waals surface area contributed by atoms with Crippen molar-refractivity contribution in [3.63, 3.8) is 0 Å². The molecule has 0 aliphatic heterocycles. The predicted octanol–water partition coefficient (Wildman–Crippen LogP) is 2.43. The molecule has 1 rings (SSSR count). The Morgan fingerprint density at radius 1 is 1.47 bits per heavy atom. The summed E-state index contributed by atoms with van der Waals surface area (Å²) in [6.45, 7) is 8.50. The summed E-state index contributed by atoms with van der Waals surface area (Å²) in [5.41, 5.74) is 0.821. The summed E-state index contributed by atoms with van der Waals surface area (Å²) < 4.78 is 12.1. The molecule has 0 radical (unpaired) electrons. The average molecular weight is 302 g/mol. The highest BCUT2D eigenvalue weighted by Crippen LogP contribution is 2.20. The molecule has 19 heavy (non-hydrogen) atoms. The van der Waals surface area contributed by atoms with Crippen molar-refractivity contribution in [2.75, 3.05) is 6.54 Å². The molecule has 0 fully saturated rings. The van der Waals surface area contributed by atoms with Crippen LogP contribution in [0.25, 0.3) is 0 Å². The van der Waals surface area contributed by atoms with E-state index in [4.69, 9.17) is 0 Å². The Morgan fingerprint density at radius 3 is 2.68 bits per heavy atom. The number of hydrogen-bond donors (Lipinski definition) is 1. The number of aromatic nitrogens is 1. The summed E-state index contributed by atoms with van der Waals surface area (Å²) in [5, 5.41) is 5.27. The summed E-state index contributed by atoms with van der Waals surface area (Å²) >= 11 is 1.59. The second kappa shape index (κ2) is 7.75. The first kappa shape index (κ1) is 16.3. The van der Waals surface area contributed by atoms with Crippen LogP contribution in [0.4, 0.5) is 0 Å². The van der Waals surface area contributed by atoms with Crippen LogP contribution >= 0.6 is 11.3 Å². The largest absolute Gasteiger partial charge is 0.355 e. The molecule has 1 amide bonds. The minimum atomic E-state index is -1.22. The second-order valence-corrected chi connectivity index (χ2v) is 7.44. The zero-order chi connectivity index (χ0) is 14.4. The van der Waals surface area contributed by atoms with Crippen molar-refractivity contribution in [1.82, 2.24) is 10.3 Å². The molecule has 0 bridgehead atoms. The lowest BCUT2D eigenvalue weighted by Gasteiger charge is -2.10. The van der Waals surface area contributed by atoms with Crippen molar-refractivity contribution in [1.29, 1.82) is 0 Å². The molecule has 0 spiro atoms. The predicted molar refractivity (Wildman–Crippen MR) is 80.8 cm³/mol. The molecule has 4 nitrogen and oxygen atoms in total. The van der Waals surface area contributed by atoms with Gasteiger partial charge in [0.15, 0.2) is 0 Å². The Bertz CT molecular complexity index is 444. The highest BCUT2D eigenvalue weighted by molar-refractivity contribution is 7.85. The third-order valence-corrected chi connectivity index (χ3v) is 5.44. The maximum absolute atomic E-state index is 12.1. The van der Waals surface area contributed by atoms with Gasteiger partial charge >= 0.3 is 0 Å². The molecule has 0 aliphatic carbocycles. The fourth-order valence-electron chi connectivity index (χ4n) is 1.44. The molecular formula is C13H22N2O2S2. The van der Waals surface area contributed by atoms with E-state index in [1.165, 1.54) is 0 Å². The topological polar surface area (TPSA) is 59.1 Å². The maximum Gasteiger partial charge on any atom is 0.235 e. The molecule has 1 N–H and O–H groups in total. The molecule has 0 saturated carbocycles. The Balaban J connectivity index is 2.55. The van der Waals surface area contributed by atoms with E-state index in [-0.39, 0.29) is 5.91 Å². The number of hydrogen-bond acceptors (Lipinski definition) is 4. The number of thiazole rings is 1. The molecule has 0 aromatic carbocycles. The highest BCUT2D eigenvalue weighted by atomic mass is 32.2. The van der Waals surface area contributed by atoms with Gasteiger partial charge in [-0.2, -0.15) is 0 Å². The molecule has 1 aromatic heterocycles. The van der Waals surface area contributed by atoms with Crippen LogP contribution in [-0.4, -0.2) is 26.9 Å². The zero-order valence-electron chi connectivity index (χ0n) is 11.9. The van der Waals surface area contributed by atoms with Crippen molar-refractivity contribution in [3.05, 3.63) is 16.1 Å². The van der Waals surface area contributed by atoms with Crippen molar-refractivity contribution < 1.29 is 9.00 Å². The first-order chi connectivity index (χ1) is 8.95. The van der Waals surface area contributed by atoms with Gasteiger partial charge in [0.2, 0.25) is 5.91 Å². The van der Waals surface area contributed by atoms with E-state index in [0.29, 0.717) is 18.2 Å². The highest BCUT2D eigenvalue weighted by Gasteiger charge is 2.20. The molecule has 2 atom stereocenters. The van der Waals surface area contributed by atoms with Gasteiger partial charge in [0.25, 0.3) is 0 Å². The normalized spacial score (nSPS) is 14.4. The third-order valence-electron chi connectivity index (χ3n) is 2.67. The lowest BCUT2D eigenvalue weighted by Crippen LogP contribution is -2.36. The number of rotatable bonds is 7. The summed E-state index contributed by atoms with van der Waals surface area (Å²) in [7, 11) is -1.22. The summed E-state index contributed by atoms with van der Waals surface area (Å²) in [6, 6.07) is 0. The molecule has 1 heterocycles. The van der Waals surface area contributed by atoms with E-state index in [9.17, 15) is 9.00 Å². The molecule has 2 unspecified atom stereocenters. The molecule has 1 aromatic rings. The first-order valence-electron chi connectivity index (χ1n) is 6.54. The Hall–Kier alpha value is -0.750. The Labute approximate surface area is 121 Å². The van der Waals surface area contributed by atoms with E-state index in [0.717, 1.165) is 17.1 Å². The molecular weight excluding hydrogens is 280 g/mol. The van der Waals surface area contributed by atoms with Crippen LogP contribution in [0.2, 0.25) is 0 Å². The van der Waals surface area contributed by atoms with Crippen molar-refractivity contribution in [2.45, 2.75) is 51.0 Å². The van der Waals surface area contributed by atoms with Gasteiger partial charge in [0.05, 0.1) is 16.5 Å². The van der Waals surface area contributed by atoms with E-state index in [2.05, 4.69) is 24.1 Å². The van der Waals surface area contributed by atoms with Gasteiger partial charge in [-0.25, -0.2) is 4.98 Å². The molecule has 0 aliphatic rings. The van der Waals surface area contributed by atoms with E-state index < -0.39 is 16.0 Å². The van der Waals surface area contributed by atoms with Gasteiger partial charge in [0, 0.05) is 28.6 Å². The fourth-order valence-corrected chi connectivity index (χ4v) is 3.39. The van der Waals surface area contributed by atoms with Gasteiger partial charge < -0.3 is 5.32 Å². The van der Waals surface area contributed by atoms with Crippen molar-refractivity contribution in [2.24, 2.45) is 0 Å². The molecule has 108 valence electrons. The van der Waals surface area contributed by atoms with Gasteiger partial charge in [-0.3, -0.25) is 9.00 Å². The second-order valence-electron chi connectivity index (χ2n) is 4.79. The Kier molecular flexibility index (Phi) is 6.65. The summed E-state index contributed by atoms with van der Waals surface area (Å²) in [4.78, 5) is 16.2. The first-order valence-corrected chi connectivity index (χ1v) is 8.81. The van der Waals surface area contributed by atoms with Gasteiger partial charge in [-0.15, -0.1) is 11.3 Å². The maximum atomic E-state index is 12.1. The van der Waals surface area contributed by atoms with Crippen LogP contribution in [-0.2, 0) is 21.3 Å². The number of nitrogens with one attached hydrogen (secondary N) is 1. The van der Waals surface area contributed by atoms with E-state index in [1.807, 2.05) is 12.3 Å². The minimum absolute atomic E-state index is 0.139. The SMILES string of the molecule is CCCNC(=O)C(C)S(=O)Cc1csc(C(C)C)n1. The molecule has 6 heteroatoms. The van der Waals surface area contributed by atoms with Crippen molar-refractivity contribution in [3.8, 4) is 0 Å². The summed E-state index contributed by atoms with van der Waals surface area (Å²) in [6.07, 6.45) is 0.884. The quantitative estimate of drug-likeness (QED) is 0.841. The lowest BCUT2D eigenvalue weighted by atomic mass is 10.2. The third kappa shape index (κ3) is 5.03. The minimum Gasteiger partial charge on any atom is -0.355 e. The van der Waals surface area contributed by atoms with Gasteiger partial charge in [-0.05, 0) is 13.3 Å². The number of nitrogens with zero attached hydrogens (tertiary/aromatic N) is 1. The van der Waals surface area contributed by atoms with Crippen LogP contribution in [0, 0.1) is 0 Å². The fraction of sp³-hybridized carbons (Fsp3) is 0.692. The van der Waals surface area contributed by atoms with Gasteiger partial charge in [-0.1, -0.05) is 20.8 Å². The number of carbonyl (C=O) groups is 1. The smallest absolute Gasteiger partial charge is 0.235 e. The van der Waals surface area contributed by atoms with E-state index >= 15 is 0 Å². The van der Waals surface area contributed by atoms with Crippen LogP contribution in [0.15, 0.2) is 5.38 Å². The molecule has 0 saturated heterocycles. The standard InChI is InChI=1S/C13H22N2O2S2/c1-5-6-14-12(16)10(4)19(17)8-11-7-18-13(15-11)9(2)3/h7,9-10H,5-6,8H2,1-4H3,(H,14,16). The van der Waals surface area contributed by atoms with Gasteiger partial charge in [0.1, 0.15) is 5.25 Å². The monoisotopic (exact) mass is 302 g/mol. The average Bonchev–Trinajstić information content (AvgIpc) is 2.83. The Morgan fingerprint density at radius 2 is 2.16 bits per heavy atom. The van der Waals surface area contributed by atoms with Crippen molar-refractivity contribution >= 4 is 28.0 Å². The van der Waals surface area contributed by atoms with Crippen LogP contribution in [0.1, 0.15) is 50.7 Å². The van der Waals surface area contributed by atoms with Crippen LogP contribution < -0.4 is 5.32 Å². The summed E-state index contributed by atoms with van der Waals surface area (Å²) in [5.74, 6) is 0.598. The van der Waals surface area contributed by atoms with E-state index in [1.54, 1.807) is 18.3 Å².